The fourth-order valence-corrected chi connectivity index (χ4v) is 3.04. The maximum Gasteiger partial charge on any atom is 0.272 e. The molecule has 1 N–H and O–H groups in total. The van der Waals surface area contributed by atoms with Gasteiger partial charge < -0.3 is 10.2 Å². The van der Waals surface area contributed by atoms with Crippen molar-refractivity contribution in [2.24, 2.45) is 5.92 Å². The average molecular weight is 275 g/mol. The third kappa shape index (κ3) is 3.30. The van der Waals surface area contributed by atoms with Gasteiger partial charge in [0.15, 0.2) is 0 Å². The minimum Gasteiger partial charge on any atom is -0.370 e. The molecule has 4 heteroatoms. The van der Waals surface area contributed by atoms with E-state index in [4.69, 9.17) is 0 Å². The molecule has 1 amide bonds. The largest absolute Gasteiger partial charge is 0.370 e. The first-order valence-corrected chi connectivity index (χ1v) is 7.61. The molecule has 1 aromatic heterocycles. The second-order valence-corrected chi connectivity index (χ2v) is 5.68. The lowest BCUT2D eigenvalue weighted by molar-refractivity contribution is 0.0623. The molecule has 1 heterocycles. The highest BCUT2D eigenvalue weighted by molar-refractivity contribution is 5.92. The Morgan fingerprint density at radius 3 is 2.85 bits per heavy atom. The molecule has 4 nitrogen and oxygen atoms in total. The summed E-state index contributed by atoms with van der Waals surface area (Å²) in [7, 11) is 1.91. The molecule has 1 saturated carbocycles. The molecule has 20 heavy (non-hydrogen) atoms. The fourth-order valence-electron chi connectivity index (χ4n) is 3.04. The summed E-state index contributed by atoms with van der Waals surface area (Å²) in [6.45, 7) is 5.07. The average Bonchev–Trinajstić information content (AvgIpc) is 2.47. The summed E-state index contributed by atoms with van der Waals surface area (Å²) in [6, 6.07) is 5.92. The van der Waals surface area contributed by atoms with Crippen LogP contribution in [0.5, 0.6) is 0 Å². The molecule has 110 valence electrons. The summed E-state index contributed by atoms with van der Waals surface area (Å²) >= 11 is 0. The Bertz CT molecular complexity index is 461. The highest BCUT2D eigenvalue weighted by atomic mass is 16.2. The predicted molar refractivity (Wildman–Crippen MR) is 81.9 cm³/mol. The van der Waals surface area contributed by atoms with Gasteiger partial charge in [-0.3, -0.25) is 4.79 Å². The zero-order chi connectivity index (χ0) is 14.5. The monoisotopic (exact) mass is 275 g/mol. The summed E-state index contributed by atoms with van der Waals surface area (Å²) in [4.78, 5) is 18.9. The van der Waals surface area contributed by atoms with Gasteiger partial charge in [-0.15, -0.1) is 0 Å². The Hall–Kier alpha value is -1.58. The van der Waals surface area contributed by atoms with Crippen molar-refractivity contribution in [2.75, 3.05) is 18.9 Å². The van der Waals surface area contributed by atoms with Crippen LogP contribution < -0.4 is 5.32 Å². The van der Waals surface area contributed by atoms with E-state index in [9.17, 15) is 4.79 Å². The van der Waals surface area contributed by atoms with Crippen LogP contribution in [0, 0.1) is 5.92 Å². The molecule has 0 aromatic carbocycles. The predicted octanol–water partition coefficient (Wildman–Crippen LogP) is 3.16. The van der Waals surface area contributed by atoms with E-state index < -0.39 is 0 Å². The molecule has 0 spiro atoms. The van der Waals surface area contributed by atoms with Crippen molar-refractivity contribution in [3.63, 3.8) is 0 Å². The molecule has 1 aliphatic carbocycles. The number of carbonyl (C=O) groups is 1. The SMILES string of the molecule is CCNc1cccc(C(=O)N(C)C2CCCCC2C)n1. The summed E-state index contributed by atoms with van der Waals surface area (Å²) in [6.07, 6.45) is 4.83. The van der Waals surface area contributed by atoms with Crippen molar-refractivity contribution in [3.05, 3.63) is 23.9 Å². The molecule has 0 bridgehead atoms. The van der Waals surface area contributed by atoms with Crippen molar-refractivity contribution >= 4 is 11.7 Å². The Kier molecular flexibility index (Phi) is 4.99. The first-order valence-electron chi connectivity index (χ1n) is 7.61. The van der Waals surface area contributed by atoms with Crippen molar-refractivity contribution in [3.8, 4) is 0 Å². The van der Waals surface area contributed by atoms with Crippen LogP contribution in [0.2, 0.25) is 0 Å². The van der Waals surface area contributed by atoms with Crippen LogP contribution in [0.1, 0.15) is 50.0 Å². The number of aromatic nitrogens is 1. The summed E-state index contributed by atoms with van der Waals surface area (Å²) in [5.74, 6) is 1.38. The quantitative estimate of drug-likeness (QED) is 0.918. The van der Waals surface area contributed by atoms with E-state index in [2.05, 4.69) is 17.2 Å². The molecule has 2 atom stereocenters. The second-order valence-electron chi connectivity index (χ2n) is 5.68. The third-order valence-corrected chi connectivity index (χ3v) is 4.21. The lowest BCUT2D eigenvalue weighted by atomic mass is 9.85. The molecule has 0 aliphatic heterocycles. The van der Waals surface area contributed by atoms with Gasteiger partial charge in [0.05, 0.1) is 0 Å². The number of hydrogen-bond donors (Lipinski definition) is 1. The van der Waals surface area contributed by atoms with E-state index in [1.165, 1.54) is 19.3 Å². The van der Waals surface area contributed by atoms with Gasteiger partial charge in [0.25, 0.3) is 5.91 Å². The normalized spacial score (nSPS) is 22.4. The number of nitrogens with zero attached hydrogens (tertiary/aromatic N) is 2. The van der Waals surface area contributed by atoms with Crippen molar-refractivity contribution in [2.45, 2.75) is 45.6 Å². The number of amides is 1. The van der Waals surface area contributed by atoms with E-state index in [-0.39, 0.29) is 5.91 Å². The maximum atomic E-state index is 12.6. The number of hydrogen-bond acceptors (Lipinski definition) is 3. The molecule has 1 aromatic rings. The number of pyridine rings is 1. The van der Waals surface area contributed by atoms with E-state index in [0.29, 0.717) is 17.7 Å². The summed E-state index contributed by atoms with van der Waals surface area (Å²) in [5, 5.41) is 3.15. The molecular formula is C16H25N3O. The van der Waals surface area contributed by atoms with E-state index >= 15 is 0 Å². The van der Waals surface area contributed by atoms with Gasteiger partial charge in [0, 0.05) is 19.6 Å². The van der Waals surface area contributed by atoms with Crippen LogP contribution >= 0.6 is 0 Å². The van der Waals surface area contributed by atoms with Crippen LogP contribution in [-0.4, -0.2) is 35.4 Å². The summed E-state index contributed by atoms with van der Waals surface area (Å²) in [5.41, 5.74) is 0.531. The Morgan fingerprint density at radius 2 is 2.15 bits per heavy atom. The Labute approximate surface area is 121 Å². The Balaban J connectivity index is 2.11. The zero-order valence-corrected chi connectivity index (χ0v) is 12.7. The molecule has 2 rings (SSSR count). The van der Waals surface area contributed by atoms with Gasteiger partial charge in [-0.25, -0.2) is 4.98 Å². The van der Waals surface area contributed by atoms with Crippen molar-refractivity contribution < 1.29 is 4.79 Å². The zero-order valence-electron chi connectivity index (χ0n) is 12.7. The molecule has 2 unspecified atom stereocenters. The minimum atomic E-state index is 0.0310. The van der Waals surface area contributed by atoms with Gasteiger partial charge >= 0.3 is 0 Å². The fraction of sp³-hybridized carbons (Fsp3) is 0.625. The second kappa shape index (κ2) is 6.73. The molecule has 0 radical (unpaired) electrons. The topological polar surface area (TPSA) is 45.2 Å². The lowest BCUT2D eigenvalue weighted by Crippen LogP contribution is -2.42. The highest BCUT2D eigenvalue weighted by Gasteiger charge is 2.28. The molecular weight excluding hydrogens is 250 g/mol. The lowest BCUT2D eigenvalue weighted by Gasteiger charge is -2.36. The van der Waals surface area contributed by atoms with E-state index in [1.807, 2.05) is 31.0 Å². The van der Waals surface area contributed by atoms with Crippen molar-refractivity contribution in [1.82, 2.24) is 9.88 Å². The van der Waals surface area contributed by atoms with Crippen LogP contribution in [0.3, 0.4) is 0 Å². The smallest absolute Gasteiger partial charge is 0.272 e. The van der Waals surface area contributed by atoms with Gasteiger partial charge in [0.2, 0.25) is 0 Å². The van der Waals surface area contributed by atoms with Crippen LogP contribution in [0.4, 0.5) is 5.82 Å². The standard InChI is InChI=1S/C16H25N3O/c1-4-17-15-11-7-9-13(18-15)16(20)19(3)14-10-6-5-8-12(14)2/h7,9,11-12,14H,4-6,8,10H2,1-3H3,(H,17,18). The third-order valence-electron chi connectivity index (χ3n) is 4.21. The minimum absolute atomic E-state index is 0.0310. The van der Waals surface area contributed by atoms with Crippen LogP contribution in [0.15, 0.2) is 18.2 Å². The number of carbonyl (C=O) groups excluding carboxylic acids is 1. The van der Waals surface area contributed by atoms with Crippen LogP contribution in [-0.2, 0) is 0 Å². The van der Waals surface area contributed by atoms with Gasteiger partial charge in [-0.1, -0.05) is 25.8 Å². The van der Waals surface area contributed by atoms with Crippen molar-refractivity contribution in [1.29, 1.82) is 0 Å². The van der Waals surface area contributed by atoms with Gasteiger partial charge in [-0.05, 0) is 37.8 Å². The summed E-state index contributed by atoms with van der Waals surface area (Å²) < 4.78 is 0. The molecule has 1 aliphatic rings. The number of nitrogens with one attached hydrogen (secondary N) is 1. The first kappa shape index (κ1) is 14.8. The number of anilines is 1. The van der Waals surface area contributed by atoms with E-state index in [1.54, 1.807) is 6.07 Å². The molecule has 1 fully saturated rings. The highest BCUT2D eigenvalue weighted by Crippen LogP contribution is 2.28. The Morgan fingerprint density at radius 1 is 1.40 bits per heavy atom. The molecule has 0 saturated heterocycles. The van der Waals surface area contributed by atoms with Crippen LogP contribution in [0.25, 0.3) is 0 Å². The van der Waals surface area contributed by atoms with Gasteiger partial charge in [0.1, 0.15) is 11.5 Å². The first-order chi connectivity index (χ1) is 9.63. The van der Waals surface area contributed by atoms with E-state index in [0.717, 1.165) is 18.8 Å². The van der Waals surface area contributed by atoms with Gasteiger partial charge in [-0.2, -0.15) is 0 Å². The number of rotatable bonds is 4. The maximum absolute atomic E-state index is 12.6.